The molecule has 1 aliphatic rings. The van der Waals surface area contributed by atoms with Gasteiger partial charge in [-0.2, -0.15) is 0 Å². The van der Waals surface area contributed by atoms with Crippen molar-refractivity contribution in [3.05, 3.63) is 29.3 Å². The third-order valence-electron chi connectivity index (χ3n) is 3.01. The van der Waals surface area contributed by atoms with Crippen LogP contribution in [0.4, 0.5) is 0 Å². The van der Waals surface area contributed by atoms with Gasteiger partial charge in [-0.15, -0.1) is 0 Å². The van der Waals surface area contributed by atoms with E-state index in [9.17, 15) is 5.11 Å². The molecule has 76 valence electrons. The van der Waals surface area contributed by atoms with E-state index in [1.165, 1.54) is 17.5 Å². The van der Waals surface area contributed by atoms with Crippen LogP contribution in [0, 0.1) is 0 Å². The molecular weight excluding hydrogens is 174 g/mol. The predicted molar refractivity (Wildman–Crippen MR) is 57.7 cm³/mol. The Morgan fingerprint density at radius 1 is 1.50 bits per heavy atom. The van der Waals surface area contributed by atoms with Gasteiger partial charge in [0.1, 0.15) is 5.75 Å². The van der Waals surface area contributed by atoms with Crippen LogP contribution >= 0.6 is 0 Å². The van der Waals surface area contributed by atoms with Crippen molar-refractivity contribution in [2.75, 3.05) is 13.1 Å². The average Bonchev–Trinajstić information content (AvgIpc) is 2.70. The second-order valence-electron chi connectivity index (χ2n) is 3.93. The first-order chi connectivity index (χ1) is 6.81. The highest BCUT2D eigenvalue weighted by Crippen LogP contribution is 2.28. The van der Waals surface area contributed by atoms with Gasteiger partial charge in [-0.1, -0.05) is 13.0 Å². The number of aryl methyl sites for hydroxylation is 1. The van der Waals surface area contributed by atoms with Gasteiger partial charge >= 0.3 is 0 Å². The molecule has 1 aromatic carbocycles. The van der Waals surface area contributed by atoms with E-state index < -0.39 is 0 Å². The molecule has 0 unspecified atom stereocenters. The summed E-state index contributed by atoms with van der Waals surface area (Å²) in [6.45, 7) is 4.34. The number of aromatic hydroxyl groups is 1. The highest BCUT2D eigenvalue weighted by atomic mass is 16.3. The van der Waals surface area contributed by atoms with Crippen LogP contribution < -0.4 is 5.32 Å². The monoisotopic (exact) mass is 191 g/mol. The zero-order valence-electron chi connectivity index (χ0n) is 8.59. The van der Waals surface area contributed by atoms with Gasteiger partial charge in [0.05, 0.1) is 0 Å². The third kappa shape index (κ3) is 1.75. The van der Waals surface area contributed by atoms with Gasteiger partial charge in [-0.3, -0.25) is 0 Å². The van der Waals surface area contributed by atoms with Crippen LogP contribution in [0.25, 0.3) is 0 Å². The molecule has 2 heteroatoms. The second kappa shape index (κ2) is 4.01. The minimum Gasteiger partial charge on any atom is -0.508 e. The molecule has 2 nitrogen and oxygen atoms in total. The molecule has 0 aliphatic carbocycles. The van der Waals surface area contributed by atoms with Crippen molar-refractivity contribution < 1.29 is 5.11 Å². The number of benzene rings is 1. The van der Waals surface area contributed by atoms with Gasteiger partial charge in [-0.25, -0.2) is 0 Å². The maximum atomic E-state index is 9.40. The molecule has 2 rings (SSSR count). The van der Waals surface area contributed by atoms with Crippen LogP contribution in [0.2, 0.25) is 0 Å². The van der Waals surface area contributed by atoms with E-state index in [4.69, 9.17) is 0 Å². The summed E-state index contributed by atoms with van der Waals surface area (Å²) in [6, 6.07) is 5.77. The van der Waals surface area contributed by atoms with Crippen LogP contribution in [-0.2, 0) is 6.42 Å². The molecule has 1 aliphatic heterocycles. The molecule has 0 amide bonds. The lowest BCUT2D eigenvalue weighted by molar-refractivity contribution is 0.474. The Morgan fingerprint density at radius 2 is 2.36 bits per heavy atom. The summed E-state index contributed by atoms with van der Waals surface area (Å²) in [4.78, 5) is 0. The van der Waals surface area contributed by atoms with Gasteiger partial charge in [0.25, 0.3) is 0 Å². The summed E-state index contributed by atoms with van der Waals surface area (Å²) in [5.41, 5.74) is 2.70. The Kier molecular flexibility index (Phi) is 2.73. The zero-order valence-corrected chi connectivity index (χ0v) is 8.59. The van der Waals surface area contributed by atoms with E-state index in [2.05, 4.69) is 18.3 Å². The summed E-state index contributed by atoms with van der Waals surface area (Å²) in [7, 11) is 0. The quantitative estimate of drug-likeness (QED) is 0.749. The number of hydrogen-bond donors (Lipinski definition) is 2. The lowest BCUT2D eigenvalue weighted by Crippen LogP contribution is -2.09. The van der Waals surface area contributed by atoms with E-state index in [-0.39, 0.29) is 0 Å². The van der Waals surface area contributed by atoms with Crippen LogP contribution in [0.1, 0.15) is 30.4 Å². The van der Waals surface area contributed by atoms with Crippen LogP contribution in [0.5, 0.6) is 5.75 Å². The van der Waals surface area contributed by atoms with Crippen molar-refractivity contribution in [2.24, 2.45) is 0 Å². The SMILES string of the molecule is CCc1cc(O)ccc1[C@H]1CCNC1. The lowest BCUT2D eigenvalue weighted by atomic mass is 9.92. The van der Waals surface area contributed by atoms with E-state index in [0.29, 0.717) is 11.7 Å². The molecule has 0 bridgehead atoms. The molecule has 0 spiro atoms. The van der Waals surface area contributed by atoms with Gasteiger partial charge in [-0.05, 0) is 48.6 Å². The number of phenolic OH excluding ortho intramolecular Hbond substituents is 1. The molecule has 2 N–H and O–H groups in total. The van der Waals surface area contributed by atoms with Crippen molar-refractivity contribution in [3.8, 4) is 5.75 Å². The van der Waals surface area contributed by atoms with Gasteiger partial charge in [0.2, 0.25) is 0 Å². The highest BCUT2D eigenvalue weighted by molar-refractivity contribution is 5.37. The topological polar surface area (TPSA) is 32.3 Å². The molecule has 0 radical (unpaired) electrons. The normalized spacial score (nSPS) is 21.4. The predicted octanol–water partition coefficient (Wildman–Crippen LogP) is 2.03. The first-order valence-electron chi connectivity index (χ1n) is 5.33. The Morgan fingerprint density at radius 3 is 3.00 bits per heavy atom. The Hall–Kier alpha value is -1.02. The summed E-state index contributed by atoms with van der Waals surface area (Å²) in [5.74, 6) is 1.03. The fraction of sp³-hybridized carbons (Fsp3) is 0.500. The minimum absolute atomic E-state index is 0.386. The Labute approximate surface area is 85.0 Å². The molecule has 1 aromatic rings. The molecular formula is C12H17NO. The maximum absolute atomic E-state index is 9.40. The van der Waals surface area contributed by atoms with E-state index in [0.717, 1.165) is 19.5 Å². The van der Waals surface area contributed by atoms with Crippen LogP contribution in [0.3, 0.4) is 0 Å². The minimum atomic E-state index is 0.386. The number of rotatable bonds is 2. The largest absolute Gasteiger partial charge is 0.508 e. The molecule has 1 heterocycles. The lowest BCUT2D eigenvalue weighted by Gasteiger charge is -2.13. The maximum Gasteiger partial charge on any atom is 0.115 e. The Balaban J connectivity index is 2.31. The highest BCUT2D eigenvalue weighted by Gasteiger charge is 2.18. The first-order valence-corrected chi connectivity index (χ1v) is 5.33. The molecule has 1 fully saturated rings. The van der Waals surface area contributed by atoms with Gasteiger partial charge in [0, 0.05) is 6.54 Å². The molecule has 14 heavy (non-hydrogen) atoms. The smallest absolute Gasteiger partial charge is 0.115 e. The summed E-state index contributed by atoms with van der Waals surface area (Å²) in [5, 5.41) is 12.8. The number of hydrogen-bond acceptors (Lipinski definition) is 2. The van der Waals surface area contributed by atoms with Crippen molar-refractivity contribution in [1.82, 2.24) is 5.32 Å². The van der Waals surface area contributed by atoms with Crippen molar-refractivity contribution in [2.45, 2.75) is 25.7 Å². The summed E-state index contributed by atoms with van der Waals surface area (Å²) < 4.78 is 0. The molecule has 1 atom stereocenters. The number of nitrogens with one attached hydrogen (secondary N) is 1. The molecule has 0 saturated carbocycles. The van der Waals surface area contributed by atoms with Crippen molar-refractivity contribution in [3.63, 3.8) is 0 Å². The average molecular weight is 191 g/mol. The van der Waals surface area contributed by atoms with Crippen LogP contribution in [-0.4, -0.2) is 18.2 Å². The fourth-order valence-corrected chi connectivity index (χ4v) is 2.22. The summed E-state index contributed by atoms with van der Waals surface area (Å²) >= 11 is 0. The van der Waals surface area contributed by atoms with E-state index in [1.54, 1.807) is 6.07 Å². The van der Waals surface area contributed by atoms with Gasteiger partial charge in [0.15, 0.2) is 0 Å². The van der Waals surface area contributed by atoms with Crippen molar-refractivity contribution in [1.29, 1.82) is 0 Å². The third-order valence-corrected chi connectivity index (χ3v) is 3.01. The van der Waals surface area contributed by atoms with Crippen LogP contribution in [0.15, 0.2) is 18.2 Å². The molecule has 1 saturated heterocycles. The first kappa shape index (κ1) is 9.53. The Bertz CT molecular complexity index is 316. The standard InChI is InChI=1S/C12H17NO/c1-2-9-7-11(14)3-4-12(9)10-5-6-13-8-10/h3-4,7,10,13-14H,2,5-6,8H2,1H3/t10-/m0/s1. The number of phenols is 1. The van der Waals surface area contributed by atoms with E-state index >= 15 is 0 Å². The van der Waals surface area contributed by atoms with Gasteiger partial charge < -0.3 is 10.4 Å². The van der Waals surface area contributed by atoms with Crippen molar-refractivity contribution >= 4 is 0 Å². The van der Waals surface area contributed by atoms with E-state index in [1.807, 2.05) is 6.07 Å². The second-order valence-corrected chi connectivity index (χ2v) is 3.93. The zero-order chi connectivity index (χ0) is 9.97. The summed E-state index contributed by atoms with van der Waals surface area (Å²) in [6.07, 6.45) is 2.22. The molecule has 0 aromatic heterocycles. The fourth-order valence-electron chi connectivity index (χ4n) is 2.22.